The zero-order valence-electron chi connectivity index (χ0n) is 16.8. The van der Waals surface area contributed by atoms with Crippen LogP contribution in [0.3, 0.4) is 0 Å². The van der Waals surface area contributed by atoms with Crippen molar-refractivity contribution >= 4 is 11.9 Å². The summed E-state index contributed by atoms with van der Waals surface area (Å²) in [6, 6.07) is 12.6. The molecule has 5 heteroatoms. The van der Waals surface area contributed by atoms with Crippen LogP contribution < -0.4 is 4.90 Å². The van der Waals surface area contributed by atoms with Gasteiger partial charge in [-0.2, -0.15) is 0 Å². The number of rotatable bonds is 4. The monoisotopic (exact) mass is 378 g/mol. The molecule has 148 valence electrons. The van der Waals surface area contributed by atoms with Gasteiger partial charge >= 0.3 is 0 Å². The Kier molecular flexibility index (Phi) is 5.89. The van der Waals surface area contributed by atoms with Crippen molar-refractivity contribution in [3.8, 4) is 0 Å². The second-order valence-electron chi connectivity index (χ2n) is 8.24. The van der Waals surface area contributed by atoms with Gasteiger partial charge in [0, 0.05) is 38.1 Å². The Labute approximate surface area is 167 Å². The number of hydrogen-bond acceptors (Lipinski definition) is 4. The van der Waals surface area contributed by atoms with E-state index in [0.717, 1.165) is 69.9 Å². The number of nitrogens with zero attached hydrogens (tertiary/aromatic N) is 4. The third-order valence-electron chi connectivity index (χ3n) is 6.13. The van der Waals surface area contributed by atoms with Gasteiger partial charge in [-0.15, -0.1) is 0 Å². The molecule has 2 fully saturated rings. The molecule has 1 unspecified atom stereocenters. The molecule has 28 heavy (non-hydrogen) atoms. The molecule has 2 saturated heterocycles. The number of likely N-dealkylation sites (tertiary alicyclic amines) is 1. The second kappa shape index (κ2) is 8.72. The minimum atomic E-state index is 0.0727. The molecule has 0 spiro atoms. The van der Waals surface area contributed by atoms with Crippen molar-refractivity contribution in [2.24, 2.45) is 11.8 Å². The molecule has 0 N–H and O–H groups in total. The van der Waals surface area contributed by atoms with E-state index in [-0.39, 0.29) is 5.92 Å². The number of hydrogen-bond donors (Lipinski definition) is 0. The number of carbonyl (C=O) groups excluding carboxylic acids is 1. The van der Waals surface area contributed by atoms with E-state index in [1.54, 1.807) is 6.20 Å². The quantitative estimate of drug-likeness (QED) is 0.817. The van der Waals surface area contributed by atoms with E-state index in [1.807, 2.05) is 13.0 Å². The Morgan fingerprint density at radius 1 is 1.07 bits per heavy atom. The molecule has 0 aliphatic carbocycles. The van der Waals surface area contributed by atoms with Crippen LogP contribution in [0.25, 0.3) is 0 Å². The van der Waals surface area contributed by atoms with Gasteiger partial charge in [-0.05, 0) is 56.6 Å². The van der Waals surface area contributed by atoms with Crippen LogP contribution >= 0.6 is 0 Å². The maximum atomic E-state index is 13.1. The topological polar surface area (TPSA) is 49.3 Å². The first kappa shape index (κ1) is 18.9. The van der Waals surface area contributed by atoms with E-state index in [9.17, 15) is 4.79 Å². The van der Waals surface area contributed by atoms with E-state index < -0.39 is 0 Å². The standard InChI is InChI=1S/C23H30N4O/c1-18-9-12-24-23(25-18)27-13-5-8-21(17-27)22(28)26-14-10-20(11-15-26)16-19-6-3-2-4-7-19/h2-4,6-7,9,12,20-21H,5,8,10-11,13-17H2,1H3. The lowest BCUT2D eigenvalue weighted by molar-refractivity contribution is -0.137. The Balaban J connectivity index is 1.31. The second-order valence-corrected chi connectivity index (χ2v) is 8.24. The van der Waals surface area contributed by atoms with Crippen LogP contribution in [0, 0.1) is 18.8 Å². The van der Waals surface area contributed by atoms with Crippen molar-refractivity contribution in [3.05, 3.63) is 53.9 Å². The van der Waals surface area contributed by atoms with Crippen LogP contribution in [0.4, 0.5) is 5.95 Å². The number of benzene rings is 1. The molecule has 2 aromatic rings. The smallest absolute Gasteiger partial charge is 0.227 e. The van der Waals surface area contributed by atoms with Gasteiger partial charge in [-0.3, -0.25) is 4.79 Å². The lowest BCUT2D eigenvalue weighted by Crippen LogP contribution is -2.47. The van der Waals surface area contributed by atoms with Gasteiger partial charge in [0.2, 0.25) is 11.9 Å². The molecule has 5 nitrogen and oxygen atoms in total. The zero-order chi connectivity index (χ0) is 19.3. The zero-order valence-corrected chi connectivity index (χ0v) is 16.8. The highest BCUT2D eigenvalue weighted by molar-refractivity contribution is 5.79. The number of aryl methyl sites for hydroxylation is 1. The summed E-state index contributed by atoms with van der Waals surface area (Å²) in [5.41, 5.74) is 2.38. The molecule has 2 aliphatic heterocycles. The number of aromatic nitrogens is 2. The first-order chi connectivity index (χ1) is 13.7. The van der Waals surface area contributed by atoms with E-state index >= 15 is 0 Å². The fourth-order valence-corrected chi connectivity index (χ4v) is 4.51. The fraction of sp³-hybridized carbons (Fsp3) is 0.522. The van der Waals surface area contributed by atoms with Gasteiger partial charge in [0.1, 0.15) is 0 Å². The summed E-state index contributed by atoms with van der Waals surface area (Å²) < 4.78 is 0. The van der Waals surface area contributed by atoms with Crippen LogP contribution in [0.15, 0.2) is 42.6 Å². The van der Waals surface area contributed by atoms with Gasteiger partial charge in [0.25, 0.3) is 0 Å². The Bertz CT molecular complexity index is 786. The predicted octanol–water partition coefficient (Wildman–Crippen LogP) is 3.48. The summed E-state index contributed by atoms with van der Waals surface area (Å²) in [5, 5.41) is 0. The highest BCUT2D eigenvalue weighted by Crippen LogP contribution is 2.26. The summed E-state index contributed by atoms with van der Waals surface area (Å²) in [6.45, 7) is 5.46. The first-order valence-corrected chi connectivity index (χ1v) is 10.6. The largest absolute Gasteiger partial charge is 0.342 e. The number of amides is 1. The molecule has 4 rings (SSSR count). The maximum Gasteiger partial charge on any atom is 0.227 e. The molecule has 2 aliphatic rings. The lowest BCUT2D eigenvalue weighted by atomic mass is 9.89. The molecular weight excluding hydrogens is 348 g/mol. The van der Waals surface area contributed by atoms with Crippen LogP contribution in [0.1, 0.15) is 36.9 Å². The van der Waals surface area contributed by atoms with Crippen molar-refractivity contribution < 1.29 is 4.79 Å². The summed E-state index contributed by atoms with van der Waals surface area (Å²) in [6.07, 6.45) is 7.16. The molecule has 0 radical (unpaired) electrons. The van der Waals surface area contributed by atoms with Crippen molar-refractivity contribution in [3.63, 3.8) is 0 Å². The van der Waals surface area contributed by atoms with E-state index in [4.69, 9.17) is 0 Å². The van der Waals surface area contributed by atoms with Crippen LogP contribution in [-0.2, 0) is 11.2 Å². The summed E-state index contributed by atoms with van der Waals surface area (Å²) in [5.74, 6) is 1.85. The number of anilines is 1. The molecule has 0 saturated carbocycles. The van der Waals surface area contributed by atoms with E-state index in [0.29, 0.717) is 11.8 Å². The van der Waals surface area contributed by atoms with Gasteiger partial charge in [0.15, 0.2) is 0 Å². The van der Waals surface area contributed by atoms with Crippen LogP contribution in [0.2, 0.25) is 0 Å². The molecule has 0 bridgehead atoms. The third-order valence-corrected chi connectivity index (χ3v) is 6.13. The van der Waals surface area contributed by atoms with Crippen molar-refractivity contribution in [1.29, 1.82) is 0 Å². The number of piperidine rings is 2. The minimum Gasteiger partial charge on any atom is -0.342 e. The van der Waals surface area contributed by atoms with Crippen molar-refractivity contribution in [2.45, 2.75) is 39.0 Å². The average molecular weight is 379 g/mol. The highest BCUT2D eigenvalue weighted by Gasteiger charge is 2.32. The van der Waals surface area contributed by atoms with E-state index in [2.05, 4.69) is 50.1 Å². The van der Waals surface area contributed by atoms with Crippen molar-refractivity contribution in [2.75, 3.05) is 31.1 Å². The Morgan fingerprint density at radius 3 is 2.61 bits per heavy atom. The van der Waals surface area contributed by atoms with Gasteiger partial charge in [-0.25, -0.2) is 9.97 Å². The van der Waals surface area contributed by atoms with Gasteiger partial charge in [0.05, 0.1) is 5.92 Å². The SMILES string of the molecule is Cc1ccnc(N2CCCC(C(=O)N3CCC(Cc4ccccc4)CC3)C2)n1. The predicted molar refractivity (Wildman–Crippen MR) is 111 cm³/mol. The number of carbonyl (C=O) groups is 1. The molecule has 1 amide bonds. The van der Waals surface area contributed by atoms with Crippen LogP contribution in [-0.4, -0.2) is 47.0 Å². The summed E-state index contributed by atoms with van der Waals surface area (Å²) in [4.78, 5) is 26.4. The van der Waals surface area contributed by atoms with Gasteiger partial charge in [-0.1, -0.05) is 30.3 Å². The molecular formula is C23H30N4O. The Hall–Kier alpha value is -2.43. The van der Waals surface area contributed by atoms with Crippen LogP contribution in [0.5, 0.6) is 0 Å². The fourth-order valence-electron chi connectivity index (χ4n) is 4.51. The van der Waals surface area contributed by atoms with Gasteiger partial charge < -0.3 is 9.80 Å². The third kappa shape index (κ3) is 4.51. The van der Waals surface area contributed by atoms with Crippen molar-refractivity contribution in [1.82, 2.24) is 14.9 Å². The summed E-state index contributed by atoms with van der Waals surface area (Å²) in [7, 11) is 0. The summed E-state index contributed by atoms with van der Waals surface area (Å²) >= 11 is 0. The average Bonchev–Trinajstić information content (AvgIpc) is 2.75. The van der Waals surface area contributed by atoms with E-state index in [1.165, 1.54) is 5.56 Å². The highest BCUT2D eigenvalue weighted by atomic mass is 16.2. The lowest BCUT2D eigenvalue weighted by Gasteiger charge is -2.38. The maximum absolute atomic E-state index is 13.1. The minimum absolute atomic E-state index is 0.0727. The molecule has 1 atom stereocenters. The Morgan fingerprint density at radius 2 is 1.86 bits per heavy atom. The molecule has 3 heterocycles. The molecule has 1 aromatic carbocycles. The normalized spacial score (nSPS) is 21.0. The molecule has 1 aromatic heterocycles. The first-order valence-electron chi connectivity index (χ1n) is 10.6.